The van der Waals surface area contributed by atoms with Crippen molar-refractivity contribution in [3.63, 3.8) is 0 Å². The highest BCUT2D eigenvalue weighted by Gasteiger charge is 2.39. The van der Waals surface area contributed by atoms with E-state index in [9.17, 15) is 18.3 Å². The van der Waals surface area contributed by atoms with E-state index in [4.69, 9.17) is 4.74 Å². The van der Waals surface area contributed by atoms with Crippen LogP contribution in [0, 0.1) is 5.92 Å². The Hall–Kier alpha value is -1.34. The zero-order chi connectivity index (χ0) is 16.4. The van der Waals surface area contributed by atoms with Crippen molar-refractivity contribution in [3.05, 3.63) is 23.9 Å². The van der Waals surface area contributed by atoms with E-state index in [-0.39, 0.29) is 5.92 Å². The molecule has 0 bridgehead atoms. The number of hydrogen-bond donors (Lipinski definition) is 1. The summed E-state index contributed by atoms with van der Waals surface area (Å²) in [7, 11) is 1.58. The van der Waals surface area contributed by atoms with Crippen LogP contribution in [0.15, 0.2) is 18.2 Å². The van der Waals surface area contributed by atoms with Gasteiger partial charge < -0.3 is 14.7 Å². The van der Waals surface area contributed by atoms with Crippen molar-refractivity contribution in [2.24, 2.45) is 5.92 Å². The number of rotatable bonds is 4. The highest BCUT2D eigenvalue weighted by molar-refractivity contribution is 5.40. The number of aliphatic hydroxyl groups is 1. The maximum Gasteiger partial charge on any atom is 0.433 e. The maximum atomic E-state index is 12.7. The number of aromatic nitrogens is 1. The SMILES string of the molecule is COCC[C@@]1(O)CCN(c2cccc(C(F)(F)F)n2)C[C@@H]1C. The Morgan fingerprint density at radius 3 is 2.77 bits per heavy atom. The maximum absolute atomic E-state index is 12.7. The molecule has 1 aromatic rings. The molecule has 2 atom stereocenters. The number of alkyl halides is 3. The molecule has 0 aliphatic carbocycles. The summed E-state index contributed by atoms with van der Waals surface area (Å²) >= 11 is 0. The van der Waals surface area contributed by atoms with E-state index in [1.54, 1.807) is 18.1 Å². The van der Waals surface area contributed by atoms with Gasteiger partial charge >= 0.3 is 6.18 Å². The van der Waals surface area contributed by atoms with E-state index < -0.39 is 17.5 Å². The number of piperidine rings is 1. The molecule has 1 fully saturated rings. The molecule has 2 rings (SSSR count). The van der Waals surface area contributed by atoms with E-state index in [1.165, 1.54) is 6.07 Å². The van der Waals surface area contributed by atoms with Gasteiger partial charge in [-0.1, -0.05) is 13.0 Å². The molecule has 1 aromatic heterocycles. The van der Waals surface area contributed by atoms with E-state index >= 15 is 0 Å². The normalized spacial score (nSPS) is 26.3. The lowest BCUT2D eigenvalue weighted by Gasteiger charge is -2.43. The topological polar surface area (TPSA) is 45.6 Å². The fourth-order valence-corrected chi connectivity index (χ4v) is 2.78. The number of ether oxygens (including phenoxy) is 1. The summed E-state index contributed by atoms with van der Waals surface area (Å²) in [6, 6.07) is 3.90. The minimum atomic E-state index is -4.45. The van der Waals surface area contributed by atoms with Gasteiger partial charge in [0.1, 0.15) is 11.5 Å². The fraction of sp³-hybridized carbons (Fsp3) is 0.667. The first-order chi connectivity index (χ1) is 10.3. The summed E-state index contributed by atoms with van der Waals surface area (Å²) in [6.07, 6.45) is -3.44. The summed E-state index contributed by atoms with van der Waals surface area (Å²) in [6.45, 7) is 3.30. The van der Waals surface area contributed by atoms with Crippen LogP contribution < -0.4 is 4.90 Å². The minimum Gasteiger partial charge on any atom is -0.389 e. The largest absolute Gasteiger partial charge is 0.433 e. The van der Waals surface area contributed by atoms with Gasteiger partial charge in [0.05, 0.1) is 5.60 Å². The molecule has 2 heterocycles. The second-order valence-corrected chi connectivity index (χ2v) is 5.82. The van der Waals surface area contributed by atoms with Crippen LogP contribution in [-0.4, -0.2) is 42.5 Å². The summed E-state index contributed by atoms with van der Waals surface area (Å²) in [5.41, 5.74) is -1.73. The van der Waals surface area contributed by atoms with Crippen molar-refractivity contribution in [1.82, 2.24) is 4.98 Å². The van der Waals surface area contributed by atoms with Crippen molar-refractivity contribution in [2.45, 2.75) is 31.5 Å². The van der Waals surface area contributed by atoms with Crippen molar-refractivity contribution in [1.29, 1.82) is 0 Å². The van der Waals surface area contributed by atoms with Crippen molar-refractivity contribution in [2.75, 3.05) is 31.7 Å². The molecular weight excluding hydrogens is 297 g/mol. The Morgan fingerprint density at radius 1 is 1.45 bits per heavy atom. The number of pyridine rings is 1. The second-order valence-electron chi connectivity index (χ2n) is 5.82. The van der Waals surface area contributed by atoms with Crippen molar-refractivity contribution < 1.29 is 23.0 Å². The highest BCUT2D eigenvalue weighted by Crippen LogP contribution is 2.34. The first kappa shape index (κ1) is 17.0. The van der Waals surface area contributed by atoms with Crippen LogP contribution in [-0.2, 0) is 10.9 Å². The van der Waals surface area contributed by atoms with Gasteiger partial charge in [0.15, 0.2) is 0 Å². The van der Waals surface area contributed by atoms with Gasteiger partial charge in [0.25, 0.3) is 0 Å². The zero-order valence-electron chi connectivity index (χ0n) is 12.7. The summed E-state index contributed by atoms with van der Waals surface area (Å²) in [5, 5.41) is 10.6. The number of halogens is 3. The summed E-state index contributed by atoms with van der Waals surface area (Å²) in [5.74, 6) is 0.225. The smallest absolute Gasteiger partial charge is 0.389 e. The molecule has 1 aliphatic rings. The molecule has 1 N–H and O–H groups in total. The molecule has 0 unspecified atom stereocenters. The average Bonchev–Trinajstić information content (AvgIpc) is 2.47. The lowest BCUT2D eigenvalue weighted by atomic mass is 9.80. The lowest BCUT2D eigenvalue weighted by molar-refractivity contribution is -0.141. The third-order valence-corrected chi connectivity index (χ3v) is 4.31. The molecule has 1 aliphatic heterocycles. The quantitative estimate of drug-likeness (QED) is 0.927. The van der Waals surface area contributed by atoms with Gasteiger partial charge in [-0.05, 0) is 25.0 Å². The summed E-state index contributed by atoms with van der Waals surface area (Å²) < 4.78 is 43.2. The third kappa shape index (κ3) is 3.70. The van der Waals surface area contributed by atoms with Crippen LogP contribution in [0.2, 0.25) is 0 Å². The molecule has 0 spiro atoms. The van der Waals surface area contributed by atoms with E-state index in [1.807, 2.05) is 6.92 Å². The Morgan fingerprint density at radius 2 is 2.18 bits per heavy atom. The second kappa shape index (κ2) is 6.42. The van der Waals surface area contributed by atoms with E-state index in [0.717, 1.165) is 6.07 Å². The average molecular weight is 318 g/mol. The number of anilines is 1. The Kier molecular flexibility index (Phi) is 4.97. The van der Waals surface area contributed by atoms with Crippen LogP contribution >= 0.6 is 0 Å². The van der Waals surface area contributed by atoms with Crippen molar-refractivity contribution >= 4 is 5.82 Å². The van der Waals surface area contributed by atoms with Gasteiger partial charge in [-0.15, -0.1) is 0 Å². The Bertz CT molecular complexity index is 510. The lowest BCUT2D eigenvalue weighted by Crippen LogP contribution is -2.51. The highest BCUT2D eigenvalue weighted by atomic mass is 19.4. The molecule has 7 heteroatoms. The van der Waals surface area contributed by atoms with E-state index in [2.05, 4.69) is 4.98 Å². The van der Waals surface area contributed by atoms with Crippen molar-refractivity contribution in [3.8, 4) is 0 Å². The molecule has 1 saturated heterocycles. The number of hydrogen-bond acceptors (Lipinski definition) is 4. The van der Waals surface area contributed by atoms with Crippen LogP contribution in [0.25, 0.3) is 0 Å². The van der Waals surface area contributed by atoms with Gasteiger partial charge in [0, 0.05) is 32.7 Å². The fourth-order valence-electron chi connectivity index (χ4n) is 2.78. The molecule has 0 aromatic carbocycles. The molecule has 124 valence electrons. The first-order valence-electron chi connectivity index (χ1n) is 7.27. The minimum absolute atomic E-state index is 0.0762. The van der Waals surface area contributed by atoms with Gasteiger partial charge in [0.2, 0.25) is 0 Å². The zero-order valence-corrected chi connectivity index (χ0v) is 12.7. The monoisotopic (exact) mass is 318 g/mol. The molecule has 22 heavy (non-hydrogen) atoms. The number of nitrogens with zero attached hydrogens (tertiary/aromatic N) is 2. The number of methoxy groups -OCH3 is 1. The predicted molar refractivity (Wildman–Crippen MR) is 76.7 cm³/mol. The predicted octanol–water partition coefficient (Wildman–Crippen LogP) is 2.71. The molecular formula is C15H21F3N2O2. The van der Waals surface area contributed by atoms with Gasteiger partial charge in [-0.3, -0.25) is 0 Å². The Labute approximate surface area is 127 Å². The molecule has 0 amide bonds. The molecule has 0 saturated carbocycles. The standard InChI is InChI=1S/C15H21F3N2O2/c1-11-10-20(8-6-14(11,21)7-9-22-2)13-5-3-4-12(19-13)15(16,17)18/h3-5,11,21H,6-10H2,1-2H3/t11-,14-/m0/s1. The van der Waals surface area contributed by atoms with Gasteiger partial charge in [-0.25, -0.2) is 4.98 Å². The third-order valence-electron chi connectivity index (χ3n) is 4.31. The van der Waals surface area contributed by atoms with Crippen LogP contribution in [0.3, 0.4) is 0 Å². The van der Waals surface area contributed by atoms with Crippen LogP contribution in [0.5, 0.6) is 0 Å². The first-order valence-corrected chi connectivity index (χ1v) is 7.27. The molecule has 4 nitrogen and oxygen atoms in total. The van der Waals surface area contributed by atoms with Gasteiger partial charge in [-0.2, -0.15) is 13.2 Å². The molecule has 0 radical (unpaired) electrons. The summed E-state index contributed by atoms with van der Waals surface area (Å²) in [4.78, 5) is 5.50. The Balaban J connectivity index is 2.10. The van der Waals surface area contributed by atoms with E-state index in [0.29, 0.717) is 38.4 Å². The van der Waals surface area contributed by atoms with Crippen LogP contribution in [0.4, 0.5) is 19.0 Å². The van der Waals surface area contributed by atoms with Crippen LogP contribution in [0.1, 0.15) is 25.5 Å².